The summed E-state index contributed by atoms with van der Waals surface area (Å²) in [6.07, 6.45) is 0. The molecule has 3 aliphatic rings. The predicted octanol–water partition coefficient (Wildman–Crippen LogP) is 4.90. The maximum atomic E-state index is 10.1. The monoisotopic (exact) mass is 513 g/mol. The van der Waals surface area contributed by atoms with Crippen molar-refractivity contribution in [3.8, 4) is 0 Å². The van der Waals surface area contributed by atoms with Crippen LogP contribution in [0.2, 0.25) is 0 Å². The standard InChI is InChI=1S/3C4H10.C3H3NO2S.C3H5NOS.C3H5NS2/c3*1-4(2)3;5-2-1-4-3(7)6-2;6-3-4-1-2-5-3;5-3-4-1-2-6-3/h3*4H,1-3H3;1H2,(H,4,7);1-2H2,(H,4,6);1-2H2,(H,4,5). The Morgan fingerprint density at radius 2 is 1.26 bits per heavy atom. The highest BCUT2D eigenvalue weighted by Gasteiger charge is 2.14. The first-order valence-electron chi connectivity index (χ1n) is 10.6. The molecule has 3 heterocycles. The highest BCUT2D eigenvalue weighted by Crippen LogP contribution is 2.05. The van der Waals surface area contributed by atoms with Gasteiger partial charge < -0.3 is 25.4 Å². The molecular weight excluding hydrogens is 471 g/mol. The molecule has 3 saturated heterocycles. The van der Waals surface area contributed by atoms with Crippen LogP contribution < -0.4 is 16.0 Å². The van der Waals surface area contributed by atoms with E-state index in [1.165, 1.54) is 0 Å². The highest BCUT2D eigenvalue weighted by atomic mass is 32.2. The van der Waals surface area contributed by atoms with Crippen molar-refractivity contribution in [1.29, 1.82) is 0 Å². The van der Waals surface area contributed by atoms with Gasteiger partial charge in [-0.1, -0.05) is 86.3 Å². The summed E-state index contributed by atoms with van der Waals surface area (Å²) in [5.41, 5.74) is 0. The van der Waals surface area contributed by atoms with Crippen LogP contribution in [0.15, 0.2) is 0 Å². The van der Waals surface area contributed by atoms with Crippen molar-refractivity contribution < 1.29 is 14.3 Å². The second-order valence-electron chi connectivity index (χ2n) is 8.44. The van der Waals surface area contributed by atoms with Gasteiger partial charge >= 0.3 is 5.97 Å². The minimum absolute atomic E-state index is 0.185. The number of rotatable bonds is 0. The number of thioether (sulfide) groups is 1. The third kappa shape index (κ3) is 43.9. The lowest BCUT2D eigenvalue weighted by Crippen LogP contribution is -2.12. The first-order chi connectivity index (χ1) is 14.3. The molecule has 0 saturated carbocycles. The van der Waals surface area contributed by atoms with Crippen LogP contribution in [0.25, 0.3) is 0 Å². The minimum atomic E-state index is -0.301. The van der Waals surface area contributed by atoms with Crippen molar-refractivity contribution in [2.75, 3.05) is 32.0 Å². The molecule has 10 heteroatoms. The van der Waals surface area contributed by atoms with Gasteiger partial charge in [-0.15, -0.1) is 0 Å². The van der Waals surface area contributed by atoms with E-state index >= 15 is 0 Å². The fraction of sp³-hybridized carbons (Fsp3) is 0.810. The lowest BCUT2D eigenvalue weighted by molar-refractivity contribution is -0.131. The van der Waals surface area contributed by atoms with Crippen molar-refractivity contribution in [1.82, 2.24) is 16.0 Å². The molecule has 0 aromatic heterocycles. The molecule has 0 unspecified atom stereocenters. The first kappa shape index (κ1) is 34.9. The lowest BCUT2D eigenvalue weighted by Gasteiger charge is -1.85. The van der Waals surface area contributed by atoms with Crippen molar-refractivity contribution in [2.45, 2.75) is 62.3 Å². The van der Waals surface area contributed by atoms with E-state index < -0.39 is 0 Å². The van der Waals surface area contributed by atoms with Gasteiger partial charge in [-0.3, -0.25) is 0 Å². The number of cyclic esters (lactones) is 1. The van der Waals surface area contributed by atoms with Gasteiger partial charge in [0, 0.05) is 12.3 Å². The first-order valence-corrected chi connectivity index (χ1v) is 12.8. The molecule has 0 bridgehead atoms. The molecule has 6 nitrogen and oxygen atoms in total. The van der Waals surface area contributed by atoms with Gasteiger partial charge in [-0.05, 0) is 42.2 Å². The zero-order valence-electron chi connectivity index (χ0n) is 20.6. The third-order valence-corrected chi connectivity index (χ3v) is 3.60. The molecule has 31 heavy (non-hydrogen) atoms. The Kier molecular flexibility index (Phi) is 26.9. The number of hydrogen-bond donors (Lipinski definition) is 3. The third-order valence-electron chi connectivity index (χ3n) is 1.79. The molecule has 0 atom stereocenters. The van der Waals surface area contributed by atoms with Crippen LogP contribution in [0.1, 0.15) is 62.3 Å². The Hall–Kier alpha value is -0.710. The summed E-state index contributed by atoms with van der Waals surface area (Å²) in [4.78, 5) is 10.1. The Labute approximate surface area is 210 Å². The zero-order valence-corrected chi connectivity index (χ0v) is 23.9. The highest BCUT2D eigenvalue weighted by molar-refractivity contribution is 8.23. The van der Waals surface area contributed by atoms with Crippen molar-refractivity contribution in [2.24, 2.45) is 17.8 Å². The molecule has 0 radical (unpaired) electrons. The number of thiocarbonyl (C=S) groups is 3. The number of nitrogens with one attached hydrogen (secondary N) is 3. The van der Waals surface area contributed by atoms with Gasteiger partial charge in [0.05, 0.1) is 6.54 Å². The van der Waals surface area contributed by atoms with Crippen LogP contribution >= 0.6 is 48.4 Å². The molecule has 0 amide bonds. The largest absolute Gasteiger partial charge is 0.469 e. The van der Waals surface area contributed by atoms with Crippen molar-refractivity contribution in [3.05, 3.63) is 0 Å². The summed E-state index contributed by atoms with van der Waals surface area (Å²) in [6.45, 7) is 22.4. The number of carbonyl (C=O) groups excluding carboxylic acids is 1. The zero-order chi connectivity index (χ0) is 24.8. The van der Waals surface area contributed by atoms with E-state index in [4.69, 9.17) is 17.0 Å². The lowest BCUT2D eigenvalue weighted by atomic mass is 10.3. The van der Waals surface area contributed by atoms with Gasteiger partial charge in [-0.2, -0.15) is 0 Å². The van der Waals surface area contributed by atoms with Gasteiger partial charge in [-0.25, -0.2) is 4.79 Å². The SMILES string of the molecule is CC(C)C.CC(C)C.CC(C)C.O=C1CNC(=S)O1.S=C1NCCO1.S=C1NCCS1. The van der Waals surface area contributed by atoms with E-state index in [0.29, 0.717) is 5.17 Å². The molecule has 3 fully saturated rings. The van der Waals surface area contributed by atoms with Gasteiger partial charge in [0.15, 0.2) is 0 Å². The second kappa shape index (κ2) is 23.9. The normalized spacial score (nSPS) is 15.6. The fourth-order valence-electron chi connectivity index (χ4n) is 1.02. The Morgan fingerprint density at radius 3 is 1.35 bits per heavy atom. The predicted molar refractivity (Wildman–Crippen MR) is 148 cm³/mol. The minimum Gasteiger partial charge on any atom is -0.469 e. The molecule has 0 aromatic rings. The van der Waals surface area contributed by atoms with E-state index in [0.717, 1.165) is 47.5 Å². The average molecular weight is 514 g/mol. The van der Waals surface area contributed by atoms with Crippen LogP contribution in [-0.4, -0.2) is 52.6 Å². The maximum absolute atomic E-state index is 10.1. The Bertz CT molecular complexity index is 430. The summed E-state index contributed by atoms with van der Waals surface area (Å²) < 4.78 is 10.1. The van der Waals surface area contributed by atoms with Crippen molar-refractivity contribution >= 4 is 69.1 Å². The Balaban J connectivity index is -0.000000309. The quantitative estimate of drug-likeness (QED) is 0.307. The number of esters is 1. The molecule has 0 aliphatic carbocycles. The summed E-state index contributed by atoms with van der Waals surface area (Å²) in [5.74, 6) is 3.35. The van der Waals surface area contributed by atoms with Crippen LogP contribution in [0.5, 0.6) is 0 Å². The van der Waals surface area contributed by atoms with E-state index in [1.54, 1.807) is 11.8 Å². The second-order valence-corrected chi connectivity index (χ2v) is 11.0. The summed E-state index contributed by atoms with van der Waals surface area (Å²) >= 11 is 15.5. The number of carbonyl (C=O) groups is 1. The van der Waals surface area contributed by atoms with Gasteiger partial charge in [0.2, 0.25) is 0 Å². The van der Waals surface area contributed by atoms with Crippen molar-refractivity contribution in [3.63, 3.8) is 0 Å². The van der Waals surface area contributed by atoms with E-state index in [-0.39, 0.29) is 17.7 Å². The molecule has 0 aromatic carbocycles. The average Bonchev–Trinajstić information content (AvgIpc) is 3.32. The maximum Gasteiger partial charge on any atom is 0.332 e. The number of hydrogen-bond acceptors (Lipinski definition) is 7. The number of ether oxygens (including phenoxy) is 2. The molecule has 3 rings (SSSR count). The van der Waals surface area contributed by atoms with E-state index in [2.05, 4.69) is 107 Å². The molecule has 0 spiro atoms. The summed E-state index contributed by atoms with van der Waals surface area (Å²) in [7, 11) is 0. The summed E-state index contributed by atoms with van der Waals surface area (Å²) in [6, 6.07) is 0. The van der Waals surface area contributed by atoms with Gasteiger partial charge in [0.25, 0.3) is 10.3 Å². The molecular formula is C21H43N3O3S4. The topological polar surface area (TPSA) is 71.6 Å². The van der Waals surface area contributed by atoms with E-state index in [9.17, 15) is 4.79 Å². The fourth-order valence-corrected chi connectivity index (χ4v) is 2.31. The van der Waals surface area contributed by atoms with Crippen LogP contribution in [0, 0.1) is 17.8 Å². The van der Waals surface area contributed by atoms with Gasteiger partial charge in [0.1, 0.15) is 17.5 Å². The molecule has 3 N–H and O–H groups in total. The smallest absolute Gasteiger partial charge is 0.332 e. The van der Waals surface area contributed by atoms with Crippen LogP contribution in [0.3, 0.4) is 0 Å². The molecule has 184 valence electrons. The Morgan fingerprint density at radius 1 is 0.774 bits per heavy atom. The molecule has 3 aliphatic heterocycles. The van der Waals surface area contributed by atoms with Crippen LogP contribution in [0.4, 0.5) is 0 Å². The van der Waals surface area contributed by atoms with E-state index in [1.807, 2.05) is 0 Å². The van der Waals surface area contributed by atoms with Crippen LogP contribution in [-0.2, 0) is 14.3 Å². The summed E-state index contributed by atoms with van der Waals surface area (Å²) in [5, 5.41) is 9.09.